The fourth-order valence-electron chi connectivity index (χ4n) is 3.44. The molecule has 0 aliphatic carbocycles. The number of fused-ring (bicyclic) bond motifs is 1. The SMILES string of the molecule is Cc1c(C)c(C)[c-](C)c1C.Cc1cc2c(Br)cccc2[cH-]1.[Zr+4].[c-]1ccccc1.[c-]1ccccc1. The van der Waals surface area contributed by atoms with E-state index >= 15 is 0 Å². The third-order valence-electron chi connectivity index (χ3n) is 5.87. The molecule has 0 spiro atoms. The number of hydrogen-bond acceptors (Lipinski definition) is 0. The topological polar surface area (TPSA) is 0 Å². The molecule has 0 radical (unpaired) electrons. The minimum Gasteiger partial charge on any atom is -0.196 e. The van der Waals surface area contributed by atoms with Gasteiger partial charge in [-0.2, -0.15) is 107 Å². The fourth-order valence-corrected chi connectivity index (χ4v) is 3.93. The summed E-state index contributed by atoms with van der Waals surface area (Å²) in [4.78, 5) is 0. The minimum atomic E-state index is 0. The van der Waals surface area contributed by atoms with Crippen LogP contribution in [0.4, 0.5) is 0 Å². The second-order valence-corrected chi connectivity index (χ2v) is 8.91. The van der Waals surface area contributed by atoms with E-state index in [9.17, 15) is 0 Å². The quantitative estimate of drug-likeness (QED) is 0.158. The molecular weight excluding hydrogens is 555 g/mol. The first-order valence-electron chi connectivity index (χ1n) is 11.2. The van der Waals surface area contributed by atoms with Crippen LogP contribution in [-0.2, 0) is 26.2 Å². The summed E-state index contributed by atoms with van der Waals surface area (Å²) in [6, 6.07) is 35.7. The second kappa shape index (κ2) is 15.8. The molecular formula is C32H33BrZr. The van der Waals surface area contributed by atoms with Crippen molar-refractivity contribution in [3.05, 3.63) is 141 Å². The van der Waals surface area contributed by atoms with Gasteiger partial charge in [-0.1, -0.05) is 63.5 Å². The Labute approximate surface area is 234 Å². The molecule has 0 amide bonds. The summed E-state index contributed by atoms with van der Waals surface area (Å²) in [6.45, 7) is 13.1. The number of benzene rings is 3. The van der Waals surface area contributed by atoms with Crippen molar-refractivity contribution in [2.75, 3.05) is 0 Å². The molecule has 0 heterocycles. The average molecular weight is 589 g/mol. The maximum Gasteiger partial charge on any atom is 4.00 e. The summed E-state index contributed by atoms with van der Waals surface area (Å²) in [5.41, 5.74) is 8.66. The second-order valence-electron chi connectivity index (χ2n) is 8.06. The van der Waals surface area contributed by atoms with Crippen LogP contribution in [0.1, 0.15) is 33.4 Å². The van der Waals surface area contributed by atoms with Gasteiger partial charge in [0, 0.05) is 0 Å². The maximum absolute atomic E-state index is 3.51. The molecule has 0 atom stereocenters. The first kappa shape index (κ1) is 30.0. The van der Waals surface area contributed by atoms with Gasteiger partial charge in [-0.05, 0) is 4.47 Å². The summed E-state index contributed by atoms with van der Waals surface area (Å²) in [5, 5.41) is 2.63. The maximum atomic E-state index is 3.51. The Hall–Kier alpha value is -2.02. The number of rotatable bonds is 0. The summed E-state index contributed by atoms with van der Waals surface area (Å²) in [6.07, 6.45) is 0. The van der Waals surface area contributed by atoms with Crippen LogP contribution >= 0.6 is 15.9 Å². The van der Waals surface area contributed by atoms with Gasteiger partial charge in [0.2, 0.25) is 0 Å². The molecule has 0 bridgehead atoms. The van der Waals surface area contributed by atoms with Crippen LogP contribution in [0.3, 0.4) is 0 Å². The molecule has 0 aliphatic rings. The van der Waals surface area contributed by atoms with Gasteiger partial charge in [-0.15, -0.1) is 34.5 Å². The van der Waals surface area contributed by atoms with E-state index in [1.54, 1.807) is 0 Å². The van der Waals surface area contributed by atoms with Gasteiger partial charge in [0.15, 0.2) is 0 Å². The molecule has 5 aromatic rings. The normalized spacial score (nSPS) is 9.38. The summed E-state index contributed by atoms with van der Waals surface area (Å²) < 4.78 is 1.18. The van der Waals surface area contributed by atoms with E-state index in [2.05, 4.69) is 99.9 Å². The summed E-state index contributed by atoms with van der Waals surface area (Å²) in [5.74, 6) is 0. The Morgan fingerprint density at radius 1 is 0.706 bits per heavy atom. The van der Waals surface area contributed by atoms with E-state index in [4.69, 9.17) is 0 Å². The van der Waals surface area contributed by atoms with Crippen LogP contribution < -0.4 is 0 Å². The molecule has 0 fully saturated rings. The monoisotopic (exact) mass is 586 g/mol. The Balaban J connectivity index is 0.000000232. The van der Waals surface area contributed by atoms with Crippen LogP contribution in [0.2, 0.25) is 0 Å². The van der Waals surface area contributed by atoms with Crippen LogP contribution in [0, 0.1) is 53.7 Å². The van der Waals surface area contributed by atoms with E-state index in [1.807, 2.05) is 60.7 Å². The first-order chi connectivity index (χ1) is 15.8. The average Bonchev–Trinajstić information content (AvgIpc) is 3.33. The molecule has 5 rings (SSSR count). The van der Waals surface area contributed by atoms with Crippen molar-refractivity contribution in [2.45, 2.75) is 41.5 Å². The van der Waals surface area contributed by atoms with Crippen molar-refractivity contribution < 1.29 is 26.2 Å². The number of aryl methyl sites for hydroxylation is 1. The van der Waals surface area contributed by atoms with Gasteiger partial charge < -0.3 is 0 Å². The van der Waals surface area contributed by atoms with Gasteiger partial charge in [0.25, 0.3) is 0 Å². The van der Waals surface area contributed by atoms with Crippen LogP contribution in [0.5, 0.6) is 0 Å². The predicted octanol–water partition coefficient (Wildman–Crippen LogP) is 9.55. The first-order valence-corrected chi connectivity index (χ1v) is 12.0. The van der Waals surface area contributed by atoms with Gasteiger partial charge in [0.05, 0.1) is 0 Å². The standard InChI is InChI=1S/C10H8Br.C10H15.2C6H5.Zr/c1-7-5-8-3-2-4-10(11)9(8)6-7;1-6-7(2)9(4)10(5)8(6)3;2*1-2-4-6-5-3-1;/h2-6H,1H3;1-5H3;2*1-5H;/q4*-1;+4. The smallest absolute Gasteiger partial charge is 0.196 e. The molecule has 0 aromatic heterocycles. The Morgan fingerprint density at radius 2 is 1.18 bits per heavy atom. The number of halogens is 1. The van der Waals surface area contributed by atoms with E-state index in [0.717, 1.165) is 0 Å². The molecule has 0 saturated heterocycles. The van der Waals surface area contributed by atoms with E-state index in [0.29, 0.717) is 0 Å². The van der Waals surface area contributed by atoms with E-state index in [1.165, 1.54) is 48.6 Å². The molecule has 0 unspecified atom stereocenters. The summed E-state index contributed by atoms with van der Waals surface area (Å²) >= 11 is 3.51. The minimum absolute atomic E-state index is 0. The third-order valence-corrected chi connectivity index (χ3v) is 6.56. The zero-order chi connectivity index (χ0) is 24.2. The van der Waals surface area contributed by atoms with Gasteiger partial charge in [0.1, 0.15) is 0 Å². The third kappa shape index (κ3) is 9.32. The molecule has 0 saturated carbocycles. The molecule has 2 heteroatoms. The molecule has 0 nitrogen and oxygen atoms in total. The zero-order valence-corrected chi connectivity index (χ0v) is 25.1. The number of hydrogen-bond donors (Lipinski definition) is 0. The molecule has 34 heavy (non-hydrogen) atoms. The van der Waals surface area contributed by atoms with Crippen molar-refractivity contribution in [3.8, 4) is 0 Å². The van der Waals surface area contributed by atoms with Crippen molar-refractivity contribution in [3.63, 3.8) is 0 Å². The molecule has 0 aliphatic heterocycles. The van der Waals surface area contributed by atoms with Crippen LogP contribution in [0.15, 0.2) is 95.5 Å². The van der Waals surface area contributed by atoms with Gasteiger partial charge in [-0.3, -0.25) is 0 Å². The molecule has 5 aromatic carbocycles. The molecule has 0 N–H and O–H groups in total. The predicted molar refractivity (Wildman–Crippen MR) is 148 cm³/mol. The fraction of sp³-hybridized carbons (Fsp3) is 0.188. The van der Waals surface area contributed by atoms with Gasteiger partial charge in [-0.25, -0.2) is 0 Å². The van der Waals surface area contributed by atoms with Crippen LogP contribution in [0.25, 0.3) is 10.8 Å². The Morgan fingerprint density at radius 3 is 1.47 bits per heavy atom. The van der Waals surface area contributed by atoms with Crippen LogP contribution in [-0.4, -0.2) is 0 Å². The van der Waals surface area contributed by atoms with Crippen molar-refractivity contribution >= 4 is 26.7 Å². The van der Waals surface area contributed by atoms with E-state index in [-0.39, 0.29) is 26.2 Å². The van der Waals surface area contributed by atoms with E-state index < -0.39 is 0 Å². The Kier molecular flexibility index (Phi) is 14.0. The Bertz CT molecular complexity index is 1050. The largest absolute Gasteiger partial charge is 4.00 e. The van der Waals surface area contributed by atoms with Crippen molar-refractivity contribution in [1.29, 1.82) is 0 Å². The van der Waals surface area contributed by atoms with Gasteiger partial charge >= 0.3 is 26.2 Å². The zero-order valence-electron chi connectivity index (χ0n) is 21.0. The molecule has 172 valence electrons. The van der Waals surface area contributed by atoms with Crippen molar-refractivity contribution in [2.24, 2.45) is 0 Å². The summed E-state index contributed by atoms with van der Waals surface area (Å²) in [7, 11) is 0. The van der Waals surface area contributed by atoms with Crippen molar-refractivity contribution in [1.82, 2.24) is 0 Å².